The smallest absolute Gasteiger partial charge is 0.221 e. The largest absolute Gasteiger partial charge is 0.467 e. The number of hydrogen-bond acceptors (Lipinski definition) is 3. The zero-order chi connectivity index (χ0) is 16.1. The molecule has 0 radical (unpaired) electrons. The molecule has 2 aromatic heterocycles. The fourth-order valence-electron chi connectivity index (χ4n) is 2.54. The van der Waals surface area contributed by atoms with Crippen molar-refractivity contribution in [2.24, 2.45) is 7.05 Å². The molecule has 2 heterocycles. The zero-order valence-electron chi connectivity index (χ0n) is 13.0. The maximum Gasteiger partial charge on any atom is 0.221 e. The maximum atomic E-state index is 12.3. The van der Waals surface area contributed by atoms with Crippen molar-refractivity contribution in [3.8, 4) is 0 Å². The maximum absolute atomic E-state index is 12.3. The lowest BCUT2D eigenvalue weighted by atomic mass is 10.0. The number of nitrogens with zero attached hydrogens (tertiary/aromatic N) is 2. The number of rotatable bonds is 6. The van der Waals surface area contributed by atoms with Gasteiger partial charge in [0, 0.05) is 25.4 Å². The molecule has 3 rings (SSSR count). The van der Waals surface area contributed by atoms with Gasteiger partial charge >= 0.3 is 0 Å². The summed E-state index contributed by atoms with van der Waals surface area (Å²) in [5.74, 6) is 0.710. The van der Waals surface area contributed by atoms with Gasteiger partial charge < -0.3 is 9.73 Å². The summed E-state index contributed by atoms with van der Waals surface area (Å²) in [6.07, 6.45) is 4.42. The van der Waals surface area contributed by atoms with Gasteiger partial charge in [-0.2, -0.15) is 5.10 Å². The van der Waals surface area contributed by atoms with Gasteiger partial charge in [-0.25, -0.2) is 0 Å². The van der Waals surface area contributed by atoms with Crippen molar-refractivity contribution < 1.29 is 9.21 Å². The molecule has 1 N–H and O–H groups in total. The average molecular weight is 309 g/mol. The number of carbonyl (C=O) groups is 1. The van der Waals surface area contributed by atoms with Crippen molar-refractivity contribution in [1.29, 1.82) is 0 Å². The number of aromatic nitrogens is 2. The van der Waals surface area contributed by atoms with Gasteiger partial charge in [0.2, 0.25) is 5.91 Å². The molecule has 0 aliphatic heterocycles. The molecule has 5 heteroatoms. The molecule has 0 unspecified atom stereocenters. The van der Waals surface area contributed by atoms with Crippen LogP contribution in [-0.4, -0.2) is 15.7 Å². The van der Waals surface area contributed by atoms with Crippen LogP contribution >= 0.6 is 0 Å². The van der Waals surface area contributed by atoms with Crippen LogP contribution in [0.1, 0.15) is 29.5 Å². The van der Waals surface area contributed by atoms with Gasteiger partial charge in [0.1, 0.15) is 11.8 Å². The first-order valence-corrected chi connectivity index (χ1v) is 7.58. The second kappa shape index (κ2) is 6.96. The summed E-state index contributed by atoms with van der Waals surface area (Å²) in [4.78, 5) is 12.3. The van der Waals surface area contributed by atoms with Crippen LogP contribution in [0.25, 0.3) is 0 Å². The van der Waals surface area contributed by atoms with E-state index < -0.39 is 0 Å². The molecule has 0 aliphatic carbocycles. The van der Waals surface area contributed by atoms with Crippen molar-refractivity contribution in [2.45, 2.75) is 18.9 Å². The van der Waals surface area contributed by atoms with Gasteiger partial charge in [-0.15, -0.1) is 0 Å². The number of hydrogen-bond donors (Lipinski definition) is 1. The highest BCUT2D eigenvalue weighted by Gasteiger charge is 2.19. The molecular formula is C18H19N3O2. The Morgan fingerprint density at radius 2 is 2.04 bits per heavy atom. The Morgan fingerprint density at radius 3 is 2.70 bits per heavy atom. The van der Waals surface area contributed by atoms with Crippen molar-refractivity contribution in [2.75, 3.05) is 0 Å². The van der Waals surface area contributed by atoms with Crippen LogP contribution < -0.4 is 5.32 Å². The van der Waals surface area contributed by atoms with Crippen LogP contribution in [0.4, 0.5) is 0 Å². The molecular weight excluding hydrogens is 290 g/mol. The highest BCUT2D eigenvalue weighted by molar-refractivity contribution is 5.77. The monoisotopic (exact) mass is 309 g/mol. The van der Waals surface area contributed by atoms with E-state index in [1.807, 2.05) is 55.6 Å². The van der Waals surface area contributed by atoms with Crippen LogP contribution in [0.15, 0.2) is 65.4 Å². The number of amides is 1. The van der Waals surface area contributed by atoms with Crippen molar-refractivity contribution in [3.05, 3.63) is 78.0 Å². The van der Waals surface area contributed by atoms with Crippen LogP contribution in [0.3, 0.4) is 0 Å². The van der Waals surface area contributed by atoms with Gasteiger partial charge in [-0.05, 0) is 30.2 Å². The predicted molar refractivity (Wildman–Crippen MR) is 86.7 cm³/mol. The SMILES string of the molecule is Cn1nccc1CCC(=O)N[C@H](c1ccccc1)c1ccco1. The lowest BCUT2D eigenvalue weighted by Gasteiger charge is -2.17. The summed E-state index contributed by atoms with van der Waals surface area (Å²) in [7, 11) is 1.88. The molecule has 1 atom stereocenters. The summed E-state index contributed by atoms with van der Waals surface area (Å²) < 4.78 is 7.28. The molecule has 3 aromatic rings. The number of carbonyl (C=O) groups excluding carboxylic acids is 1. The van der Waals surface area contributed by atoms with Gasteiger partial charge in [0.25, 0.3) is 0 Å². The van der Waals surface area contributed by atoms with E-state index in [1.54, 1.807) is 17.1 Å². The Morgan fingerprint density at radius 1 is 1.22 bits per heavy atom. The predicted octanol–water partition coefficient (Wildman–Crippen LogP) is 2.85. The molecule has 0 saturated carbocycles. The second-order valence-corrected chi connectivity index (χ2v) is 5.37. The van der Waals surface area contributed by atoms with Crippen molar-refractivity contribution >= 4 is 5.91 Å². The number of aryl methyl sites for hydroxylation is 2. The minimum absolute atomic E-state index is 0.0172. The van der Waals surface area contributed by atoms with Gasteiger partial charge in [0.05, 0.1) is 6.26 Å². The third-order valence-corrected chi connectivity index (χ3v) is 3.80. The fraction of sp³-hybridized carbons (Fsp3) is 0.222. The van der Waals surface area contributed by atoms with Gasteiger partial charge in [0.15, 0.2) is 0 Å². The Kier molecular flexibility index (Phi) is 4.57. The highest BCUT2D eigenvalue weighted by atomic mass is 16.3. The Bertz CT molecular complexity index is 748. The number of nitrogens with one attached hydrogen (secondary N) is 1. The summed E-state index contributed by atoms with van der Waals surface area (Å²) in [5, 5.41) is 7.17. The van der Waals surface area contributed by atoms with Crippen LogP contribution in [0, 0.1) is 0 Å². The van der Waals surface area contributed by atoms with Gasteiger partial charge in [-0.3, -0.25) is 9.48 Å². The molecule has 0 fully saturated rings. The summed E-state index contributed by atoms with van der Waals surface area (Å²) in [6, 6.07) is 15.2. The first kappa shape index (κ1) is 15.1. The molecule has 1 amide bonds. The third-order valence-electron chi connectivity index (χ3n) is 3.80. The van der Waals surface area contributed by atoms with Gasteiger partial charge in [-0.1, -0.05) is 30.3 Å². The summed E-state index contributed by atoms with van der Waals surface area (Å²) in [6.45, 7) is 0. The van der Waals surface area contributed by atoms with E-state index in [2.05, 4.69) is 10.4 Å². The van der Waals surface area contributed by atoms with E-state index in [0.717, 1.165) is 17.0 Å². The first-order chi connectivity index (χ1) is 11.2. The Balaban J connectivity index is 1.69. The van der Waals surface area contributed by atoms with Crippen LogP contribution in [-0.2, 0) is 18.3 Å². The fourth-order valence-corrected chi connectivity index (χ4v) is 2.54. The minimum Gasteiger partial charge on any atom is -0.467 e. The Labute approximate surface area is 134 Å². The average Bonchev–Trinajstić information content (AvgIpc) is 3.23. The van der Waals surface area contributed by atoms with Crippen molar-refractivity contribution in [3.63, 3.8) is 0 Å². The van der Waals surface area contributed by atoms with Crippen molar-refractivity contribution in [1.82, 2.24) is 15.1 Å². The molecule has 0 saturated heterocycles. The van der Waals surface area contributed by atoms with Crippen LogP contribution in [0.2, 0.25) is 0 Å². The third kappa shape index (κ3) is 3.69. The number of benzene rings is 1. The molecule has 0 aliphatic rings. The van der Waals surface area contributed by atoms with Crippen LogP contribution in [0.5, 0.6) is 0 Å². The molecule has 118 valence electrons. The first-order valence-electron chi connectivity index (χ1n) is 7.58. The van der Waals surface area contributed by atoms with E-state index in [1.165, 1.54) is 0 Å². The molecule has 23 heavy (non-hydrogen) atoms. The summed E-state index contributed by atoms with van der Waals surface area (Å²) in [5.41, 5.74) is 2.03. The normalized spacial score (nSPS) is 12.0. The highest BCUT2D eigenvalue weighted by Crippen LogP contribution is 2.22. The van der Waals surface area contributed by atoms with E-state index in [4.69, 9.17) is 4.42 Å². The molecule has 5 nitrogen and oxygen atoms in total. The van der Waals surface area contributed by atoms with E-state index >= 15 is 0 Å². The molecule has 0 bridgehead atoms. The minimum atomic E-state index is -0.273. The lowest BCUT2D eigenvalue weighted by molar-refractivity contribution is -0.121. The zero-order valence-corrected chi connectivity index (χ0v) is 13.0. The molecule has 1 aromatic carbocycles. The second-order valence-electron chi connectivity index (χ2n) is 5.37. The topological polar surface area (TPSA) is 60.1 Å². The quantitative estimate of drug-likeness (QED) is 0.761. The number of furan rings is 1. The Hall–Kier alpha value is -2.82. The van der Waals surface area contributed by atoms with E-state index in [0.29, 0.717) is 12.8 Å². The van der Waals surface area contributed by atoms with E-state index in [-0.39, 0.29) is 11.9 Å². The van der Waals surface area contributed by atoms with E-state index in [9.17, 15) is 4.79 Å². The standard InChI is InChI=1S/C18H19N3O2/c1-21-15(11-12-19-21)9-10-17(22)20-18(16-8-5-13-23-16)14-6-3-2-4-7-14/h2-8,11-13,18H,9-10H2,1H3,(H,20,22)/t18-/m1/s1. The summed E-state index contributed by atoms with van der Waals surface area (Å²) >= 11 is 0. The molecule has 0 spiro atoms. The lowest BCUT2D eigenvalue weighted by Crippen LogP contribution is -2.29.